The van der Waals surface area contributed by atoms with Crippen LogP contribution in [-0.2, 0) is 4.12 Å². The van der Waals surface area contributed by atoms with E-state index < -0.39 is 9.04 Å². The largest absolute Gasteiger partial charge is 0.465 e. The van der Waals surface area contributed by atoms with E-state index in [0.717, 1.165) is 22.3 Å². The molecule has 0 amide bonds. The lowest BCUT2D eigenvalue weighted by atomic mass is 10.2. The second-order valence-corrected chi connectivity index (χ2v) is 9.08. The van der Waals surface area contributed by atoms with Crippen LogP contribution in [0, 0.1) is 11.8 Å². The first-order valence-electron chi connectivity index (χ1n) is 5.59. The highest BCUT2D eigenvalue weighted by atomic mass is 28.3. The molecule has 0 N–H and O–H groups in total. The smallest absolute Gasteiger partial charge is 0.162 e. The minimum atomic E-state index is -0.763. The SMILES string of the molecule is CC(C)CC[SiH](CCC(C)C)O[SiH3]. The predicted octanol–water partition coefficient (Wildman–Crippen LogP) is 2.10. The molecule has 0 heterocycles. The normalized spacial score (nSPS) is 12.2. The molecule has 0 bridgehead atoms. The molecular formula is C10H26OSi2. The van der Waals surface area contributed by atoms with Gasteiger partial charge in [0.25, 0.3) is 0 Å². The van der Waals surface area contributed by atoms with Gasteiger partial charge in [-0.2, -0.15) is 0 Å². The van der Waals surface area contributed by atoms with Crippen LogP contribution in [0.25, 0.3) is 0 Å². The molecule has 0 fully saturated rings. The van der Waals surface area contributed by atoms with Crippen molar-refractivity contribution in [3.8, 4) is 0 Å². The Balaban J connectivity index is 3.51. The summed E-state index contributed by atoms with van der Waals surface area (Å²) in [6.07, 6.45) is 2.74. The molecular weight excluding hydrogens is 192 g/mol. The Morgan fingerprint density at radius 3 is 1.62 bits per heavy atom. The van der Waals surface area contributed by atoms with E-state index in [1.165, 1.54) is 24.9 Å². The molecule has 0 aliphatic heterocycles. The van der Waals surface area contributed by atoms with Crippen molar-refractivity contribution in [2.45, 2.75) is 52.6 Å². The average Bonchev–Trinajstić information content (AvgIpc) is 2.04. The zero-order valence-corrected chi connectivity index (χ0v) is 13.1. The lowest BCUT2D eigenvalue weighted by molar-refractivity contribution is 0.551. The van der Waals surface area contributed by atoms with Crippen LogP contribution in [0.5, 0.6) is 0 Å². The first kappa shape index (κ1) is 13.4. The Hall–Kier alpha value is 0.394. The molecule has 0 saturated heterocycles. The zero-order valence-electron chi connectivity index (χ0n) is 9.97. The minimum absolute atomic E-state index is 0.763. The van der Waals surface area contributed by atoms with Crippen molar-refractivity contribution in [2.75, 3.05) is 0 Å². The highest BCUT2D eigenvalue weighted by molar-refractivity contribution is 6.55. The van der Waals surface area contributed by atoms with Crippen LogP contribution in [0.2, 0.25) is 12.1 Å². The van der Waals surface area contributed by atoms with Crippen molar-refractivity contribution < 1.29 is 4.12 Å². The van der Waals surface area contributed by atoms with Gasteiger partial charge in [0.1, 0.15) is 10.5 Å². The Morgan fingerprint density at radius 1 is 1.00 bits per heavy atom. The first-order chi connectivity index (χ1) is 6.06. The van der Waals surface area contributed by atoms with Crippen LogP contribution >= 0.6 is 0 Å². The highest BCUT2D eigenvalue weighted by Crippen LogP contribution is 2.14. The fraction of sp³-hybridized carbons (Fsp3) is 1.00. The quantitative estimate of drug-likeness (QED) is 0.595. The first-order valence-corrected chi connectivity index (χ1v) is 8.51. The van der Waals surface area contributed by atoms with Gasteiger partial charge in [0, 0.05) is 0 Å². The fourth-order valence-corrected chi connectivity index (χ4v) is 5.67. The van der Waals surface area contributed by atoms with Crippen LogP contribution in [0.1, 0.15) is 40.5 Å². The third kappa shape index (κ3) is 8.72. The van der Waals surface area contributed by atoms with E-state index in [9.17, 15) is 0 Å². The van der Waals surface area contributed by atoms with Crippen molar-refractivity contribution in [2.24, 2.45) is 11.8 Å². The minimum Gasteiger partial charge on any atom is -0.465 e. The van der Waals surface area contributed by atoms with Crippen LogP contribution in [0.4, 0.5) is 0 Å². The maximum atomic E-state index is 5.73. The van der Waals surface area contributed by atoms with Gasteiger partial charge in [-0.15, -0.1) is 0 Å². The summed E-state index contributed by atoms with van der Waals surface area (Å²) in [4.78, 5) is 0. The van der Waals surface area contributed by atoms with Crippen LogP contribution < -0.4 is 0 Å². The van der Waals surface area contributed by atoms with Gasteiger partial charge in [-0.05, 0) is 23.9 Å². The van der Waals surface area contributed by atoms with Crippen molar-refractivity contribution >= 4 is 19.5 Å². The van der Waals surface area contributed by atoms with E-state index in [-0.39, 0.29) is 0 Å². The van der Waals surface area contributed by atoms with Crippen LogP contribution in [0.3, 0.4) is 0 Å². The van der Waals surface area contributed by atoms with Gasteiger partial charge in [-0.1, -0.05) is 40.5 Å². The second kappa shape index (κ2) is 7.77. The lowest BCUT2D eigenvalue weighted by Gasteiger charge is -2.16. The third-order valence-corrected chi connectivity index (χ3v) is 7.09. The Morgan fingerprint density at radius 2 is 1.38 bits per heavy atom. The topological polar surface area (TPSA) is 9.23 Å². The zero-order chi connectivity index (χ0) is 10.3. The summed E-state index contributed by atoms with van der Waals surface area (Å²) >= 11 is 0. The second-order valence-electron chi connectivity index (χ2n) is 4.80. The van der Waals surface area contributed by atoms with Gasteiger partial charge in [-0.3, -0.25) is 0 Å². The third-order valence-electron chi connectivity index (χ3n) is 2.47. The van der Waals surface area contributed by atoms with Gasteiger partial charge in [-0.25, -0.2) is 0 Å². The Labute approximate surface area is 88.5 Å². The van der Waals surface area contributed by atoms with Crippen molar-refractivity contribution in [1.82, 2.24) is 0 Å². The summed E-state index contributed by atoms with van der Waals surface area (Å²) in [5.41, 5.74) is 0. The number of hydrogen-bond donors (Lipinski definition) is 0. The molecule has 0 unspecified atom stereocenters. The predicted molar refractivity (Wildman–Crippen MR) is 66.7 cm³/mol. The average molecular weight is 218 g/mol. The number of hydrogen-bond acceptors (Lipinski definition) is 1. The molecule has 0 saturated carbocycles. The van der Waals surface area contributed by atoms with Gasteiger partial charge in [0.2, 0.25) is 0 Å². The summed E-state index contributed by atoms with van der Waals surface area (Å²) in [6, 6.07) is 2.79. The van der Waals surface area contributed by atoms with E-state index >= 15 is 0 Å². The van der Waals surface area contributed by atoms with E-state index in [1.807, 2.05) is 0 Å². The van der Waals surface area contributed by atoms with Gasteiger partial charge < -0.3 is 4.12 Å². The van der Waals surface area contributed by atoms with E-state index in [2.05, 4.69) is 27.7 Å². The molecule has 0 aliphatic rings. The fourth-order valence-electron chi connectivity index (χ4n) is 1.42. The molecule has 0 aromatic carbocycles. The maximum absolute atomic E-state index is 5.73. The molecule has 0 aliphatic carbocycles. The standard InChI is InChI=1S/C10H26OSi2/c1-9(2)5-7-13(11-12)8-6-10(3)4/h9-10,13H,5-8H2,1-4,12H3. The van der Waals surface area contributed by atoms with Gasteiger partial charge >= 0.3 is 0 Å². The molecule has 0 atom stereocenters. The van der Waals surface area contributed by atoms with E-state index in [4.69, 9.17) is 4.12 Å². The summed E-state index contributed by atoms with van der Waals surface area (Å²) in [7, 11) is 0.191. The molecule has 0 aromatic heterocycles. The Bertz CT molecular complexity index is 103. The lowest BCUT2D eigenvalue weighted by Crippen LogP contribution is -2.17. The van der Waals surface area contributed by atoms with Gasteiger partial charge in [0.05, 0.1) is 0 Å². The molecule has 0 rings (SSSR count). The molecule has 0 radical (unpaired) electrons. The summed E-state index contributed by atoms with van der Waals surface area (Å²) in [5, 5.41) is 0. The van der Waals surface area contributed by atoms with Crippen LogP contribution in [-0.4, -0.2) is 19.5 Å². The Kier molecular flexibility index (Phi) is 8.00. The van der Waals surface area contributed by atoms with Crippen molar-refractivity contribution in [1.29, 1.82) is 0 Å². The molecule has 80 valence electrons. The van der Waals surface area contributed by atoms with Crippen molar-refractivity contribution in [3.63, 3.8) is 0 Å². The maximum Gasteiger partial charge on any atom is 0.162 e. The van der Waals surface area contributed by atoms with E-state index in [0.29, 0.717) is 0 Å². The monoisotopic (exact) mass is 218 g/mol. The van der Waals surface area contributed by atoms with Crippen molar-refractivity contribution in [3.05, 3.63) is 0 Å². The summed E-state index contributed by atoms with van der Waals surface area (Å²) in [5.74, 6) is 1.71. The molecule has 0 spiro atoms. The highest BCUT2D eigenvalue weighted by Gasteiger charge is 2.10. The van der Waals surface area contributed by atoms with Crippen LogP contribution in [0.15, 0.2) is 0 Å². The molecule has 1 nitrogen and oxygen atoms in total. The molecule has 13 heavy (non-hydrogen) atoms. The number of rotatable bonds is 7. The summed E-state index contributed by atoms with van der Waals surface area (Å²) < 4.78 is 5.73. The summed E-state index contributed by atoms with van der Waals surface area (Å²) in [6.45, 7) is 9.23. The van der Waals surface area contributed by atoms with E-state index in [1.54, 1.807) is 0 Å². The molecule has 0 aromatic rings. The van der Waals surface area contributed by atoms with Gasteiger partial charge in [0.15, 0.2) is 9.04 Å². The molecule has 3 heteroatoms.